The van der Waals surface area contributed by atoms with Crippen LogP contribution in [0.2, 0.25) is 0 Å². The monoisotopic (exact) mass is 371 g/mol. The molecule has 0 amide bonds. The molecule has 0 radical (unpaired) electrons. The number of hydrogen-bond donors (Lipinski definition) is 2. The molecule has 2 heterocycles. The number of imidazole rings is 1. The van der Waals surface area contributed by atoms with Gasteiger partial charge in [-0.15, -0.1) is 0 Å². The predicted molar refractivity (Wildman–Crippen MR) is 108 cm³/mol. The molecular weight excluding hydrogens is 342 g/mol. The highest BCUT2D eigenvalue weighted by Crippen LogP contribution is 2.28. The van der Waals surface area contributed by atoms with E-state index in [-0.39, 0.29) is 6.04 Å². The number of carbonyl (C=O) groups is 1. The summed E-state index contributed by atoms with van der Waals surface area (Å²) >= 11 is 0. The summed E-state index contributed by atoms with van der Waals surface area (Å²) in [5.74, 6) is 0.336. The molecule has 0 saturated carbocycles. The molecule has 2 N–H and O–H groups in total. The first-order valence-corrected chi connectivity index (χ1v) is 9.50. The van der Waals surface area contributed by atoms with E-state index < -0.39 is 11.9 Å². The first-order chi connectivity index (χ1) is 12.8. The molecule has 27 heavy (non-hydrogen) atoms. The van der Waals surface area contributed by atoms with Crippen LogP contribution in [0.4, 0.5) is 5.69 Å². The molecule has 1 aromatic carbocycles. The van der Waals surface area contributed by atoms with Gasteiger partial charge in [-0.05, 0) is 44.9 Å². The number of rotatable bonds is 5. The van der Waals surface area contributed by atoms with E-state index in [4.69, 9.17) is 5.41 Å². The highest BCUT2D eigenvalue weighted by Gasteiger charge is 2.28. The summed E-state index contributed by atoms with van der Waals surface area (Å²) in [6.07, 6.45) is 1.84. The molecule has 1 aromatic heterocycles. The third-order valence-electron chi connectivity index (χ3n) is 5.69. The summed E-state index contributed by atoms with van der Waals surface area (Å²) in [5, 5.41) is 17.3. The van der Waals surface area contributed by atoms with E-state index in [0.29, 0.717) is 12.4 Å². The van der Waals surface area contributed by atoms with Gasteiger partial charge in [0.2, 0.25) is 0 Å². The SMILES string of the molecule is CC(=N)N1CCC(N(CC(C)C(=O)O)c2ccc3c(c2)nc(C)n3C)CC1. The van der Waals surface area contributed by atoms with Gasteiger partial charge in [-0.1, -0.05) is 6.92 Å². The fourth-order valence-corrected chi connectivity index (χ4v) is 3.84. The van der Waals surface area contributed by atoms with Crippen molar-refractivity contribution >= 4 is 28.5 Å². The maximum absolute atomic E-state index is 11.5. The molecule has 3 rings (SSSR count). The summed E-state index contributed by atoms with van der Waals surface area (Å²) in [5.41, 5.74) is 3.05. The molecule has 0 aliphatic carbocycles. The number of piperidine rings is 1. The number of amidine groups is 1. The Hall–Kier alpha value is -2.57. The lowest BCUT2D eigenvalue weighted by atomic mass is 10.00. The topological polar surface area (TPSA) is 85.5 Å². The molecule has 0 spiro atoms. The van der Waals surface area contributed by atoms with Crippen LogP contribution in [0.1, 0.15) is 32.5 Å². The highest BCUT2D eigenvalue weighted by molar-refractivity contribution is 5.81. The number of aliphatic carboxylic acids is 1. The zero-order chi connectivity index (χ0) is 19.7. The molecule has 1 saturated heterocycles. The largest absolute Gasteiger partial charge is 0.481 e. The van der Waals surface area contributed by atoms with E-state index in [0.717, 1.165) is 48.5 Å². The molecule has 1 unspecified atom stereocenters. The average Bonchev–Trinajstić information content (AvgIpc) is 2.93. The minimum absolute atomic E-state index is 0.268. The third-order valence-corrected chi connectivity index (χ3v) is 5.69. The fraction of sp³-hybridized carbons (Fsp3) is 0.550. The molecule has 146 valence electrons. The lowest BCUT2D eigenvalue weighted by Gasteiger charge is -2.41. The molecule has 1 atom stereocenters. The van der Waals surface area contributed by atoms with Crippen LogP contribution in [0.3, 0.4) is 0 Å². The number of benzene rings is 1. The molecular formula is C20H29N5O2. The molecule has 7 heteroatoms. The number of aryl methyl sites for hydroxylation is 2. The van der Waals surface area contributed by atoms with Gasteiger partial charge < -0.3 is 19.5 Å². The summed E-state index contributed by atoms with van der Waals surface area (Å²) in [6.45, 7) is 7.71. The van der Waals surface area contributed by atoms with Crippen molar-refractivity contribution in [3.05, 3.63) is 24.0 Å². The predicted octanol–water partition coefficient (Wildman–Crippen LogP) is 2.87. The Morgan fingerprint density at radius 3 is 2.67 bits per heavy atom. The van der Waals surface area contributed by atoms with Gasteiger partial charge in [0.1, 0.15) is 5.82 Å². The molecule has 1 aliphatic heterocycles. The van der Waals surface area contributed by atoms with Crippen LogP contribution >= 0.6 is 0 Å². The fourth-order valence-electron chi connectivity index (χ4n) is 3.84. The second kappa shape index (κ2) is 7.58. The van der Waals surface area contributed by atoms with Crippen LogP contribution in [-0.2, 0) is 11.8 Å². The van der Waals surface area contributed by atoms with E-state index in [1.165, 1.54) is 0 Å². The molecule has 1 fully saturated rings. The van der Waals surface area contributed by atoms with Crippen molar-refractivity contribution in [2.24, 2.45) is 13.0 Å². The molecule has 2 aromatic rings. The second-order valence-corrected chi connectivity index (χ2v) is 7.59. The minimum atomic E-state index is -0.775. The van der Waals surface area contributed by atoms with E-state index in [1.54, 1.807) is 6.92 Å². The van der Waals surface area contributed by atoms with E-state index in [9.17, 15) is 9.90 Å². The smallest absolute Gasteiger partial charge is 0.308 e. The zero-order valence-electron chi connectivity index (χ0n) is 16.6. The number of likely N-dealkylation sites (tertiary alicyclic amines) is 1. The van der Waals surface area contributed by atoms with Gasteiger partial charge in [0.25, 0.3) is 0 Å². The number of carboxylic acid groups (broad SMARTS) is 1. The summed E-state index contributed by atoms with van der Waals surface area (Å²) in [7, 11) is 2.00. The van der Waals surface area contributed by atoms with Crippen molar-refractivity contribution in [2.75, 3.05) is 24.5 Å². The Balaban J connectivity index is 1.90. The first kappa shape index (κ1) is 19.2. The Morgan fingerprint density at radius 1 is 1.41 bits per heavy atom. The number of hydrogen-bond acceptors (Lipinski definition) is 4. The zero-order valence-corrected chi connectivity index (χ0v) is 16.6. The van der Waals surface area contributed by atoms with Gasteiger partial charge in [0.05, 0.1) is 22.8 Å². The van der Waals surface area contributed by atoms with E-state index in [2.05, 4.69) is 37.5 Å². The summed E-state index contributed by atoms with van der Waals surface area (Å²) in [4.78, 5) is 20.4. The van der Waals surface area contributed by atoms with Gasteiger partial charge in [0, 0.05) is 38.4 Å². The van der Waals surface area contributed by atoms with E-state index >= 15 is 0 Å². The van der Waals surface area contributed by atoms with Crippen molar-refractivity contribution in [3.8, 4) is 0 Å². The van der Waals surface area contributed by atoms with Crippen LogP contribution in [0.25, 0.3) is 11.0 Å². The number of nitrogens with zero attached hydrogens (tertiary/aromatic N) is 4. The lowest BCUT2D eigenvalue weighted by Crippen LogP contribution is -2.48. The number of carboxylic acids is 1. The van der Waals surface area contributed by atoms with Crippen molar-refractivity contribution in [2.45, 2.75) is 39.7 Å². The van der Waals surface area contributed by atoms with Crippen molar-refractivity contribution in [3.63, 3.8) is 0 Å². The van der Waals surface area contributed by atoms with Crippen LogP contribution < -0.4 is 4.90 Å². The normalized spacial score (nSPS) is 16.5. The Kier molecular flexibility index (Phi) is 5.39. The maximum atomic E-state index is 11.5. The van der Waals surface area contributed by atoms with E-state index in [1.807, 2.05) is 20.9 Å². The quantitative estimate of drug-likeness (QED) is 0.623. The van der Waals surface area contributed by atoms with Gasteiger partial charge in [-0.2, -0.15) is 0 Å². The van der Waals surface area contributed by atoms with Crippen molar-refractivity contribution in [1.29, 1.82) is 5.41 Å². The standard InChI is InChI=1S/C20H29N5O2/c1-13(20(26)27)12-25(16-7-9-24(10-8-16)14(2)21)17-5-6-19-18(11-17)22-15(3)23(19)4/h5-6,11,13,16,21H,7-10,12H2,1-4H3,(H,26,27). The lowest BCUT2D eigenvalue weighted by molar-refractivity contribution is -0.140. The highest BCUT2D eigenvalue weighted by atomic mass is 16.4. The minimum Gasteiger partial charge on any atom is -0.481 e. The number of nitrogens with one attached hydrogen (secondary N) is 1. The van der Waals surface area contributed by atoms with Gasteiger partial charge in [0.15, 0.2) is 0 Å². The van der Waals surface area contributed by atoms with Crippen molar-refractivity contribution in [1.82, 2.24) is 14.5 Å². The van der Waals surface area contributed by atoms with Gasteiger partial charge in [-0.25, -0.2) is 4.98 Å². The van der Waals surface area contributed by atoms with Crippen LogP contribution in [0.5, 0.6) is 0 Å². The third kappa shape index (κ3) is 3.91. The Morgan fingerprint density at radius 2 is 2.07 bits per heavy atom. The number of anilines is 1. The number of fused-ring (bicyclic) bond motifs is 1. The second-order valence-electron chi connectivity index (χ2n) is 7.59. The Bertz CT molecular complexity index is 851. The molecule has 7 nitrogen and oxygen atoms in total. The van der Waals surface area contributed by atoms with Gasteiger partial charge in [-0.3, -0.25) is 10.2 Å². The Labute approximate surface area is 160 Å². The number of aromatic nitrogens is 2. The van der Waals surface area contributed by atoms with Gasteiger partial charge >= 0.3 is 5.97 Å². The summed E-state index contributed by atoms with van der Waals surface area (Å²) in [6, 6.07) is 6.49. The van der Waals surface area contributed by atoms with Crippen LogP contribution in [-0.4, -0.2) is 57.0 Å². The van der Waals surface area contributed by atoms with Crippen LogP contribution in [0.15, 0.2) is 18.2 Å². The molecule has 1 aliphatic rings. The van der Waals surface area contributed by atoms with Crippen LogP contribution in [0, 0.1) is 18.3 Å². The summed E-state index contributed by atoms with van der Waals surface area (Å²) < 4.78 is 2.06. The van der Waals surface area contributed by atoms with Crippen molar-refractivity contribution < 1.29 is 9.90 Å². The maximum Gasteiger partial charge on any atom is 0.308 e. The average molecular weight is 371 g/mol. The molecule has 0 bridgehead atoms. The first-order valence-electron chi connectivity index (χ1n) is 9.50.